The zero-order valence-corrected chi connectivity index (χ0v) is 17.8. The number of halogens is 2. The standard InChI is InChI=1S/C23H20F2N6O3/c24-15-6-5-12-13(9-26-20(12)28-15)21-30-19(14-7-8-27-34-14)17(25)22(31-21)29-18-11-3-1-10(2-4-11)16(18)23(32)33/h5-11,16,18H,1-4H2,(H,26,28)(H,32,33)(H,29,30,31). The summed E-state index contributed by atoms with van der Waals surface area (Å²) in [6.07, 6.45) is 6.45. The number of anilines is 1. The molecule has 0 aromatic carbocycles. The van der Waals surface area contributed by atoms with Crippen LogP contribution >= 0.6 is 0 Å². The minimum absolute atomic E-state index is 0.0488. The minimum Gasteiger partial charge on any atom is -0.481 e. The summed E-state index contributed by atoms with van der Waals surface area (Å²) in [4.78, 5) is 27.6. The number of nitrogens with zero attached hydrogens (tertiary/aromatic N) is 4. The second-order valence-electron chi connectivity index (χ2n) is 8.88. The highest BCUT2D eigenvalue weighted by atomic mass is 19.1. The zero-order valence-electron chi connectivity index (χ0n) is 17.8. The van der Waals surface area contributed by atoms with Crippen LogP contribution in [0.3, 0.4) is 0 Å². The number of carboxylic acids is 1. The molecule has 7 rings (SSSR count). The molecule has 0 spiro atoms. The fourth-order valence-corrected chi connectivity index (χ4v) is 5.50. The highest BCUT2D eigenvalue weighted by molar-refractivity contribution is 5.92. The summed E-state index contributed by atoms with van der Waals surface area (Å²) in [6, 6.07) is 3.78. The summed E-state index contributed by atoms with van der Waals surface area (Å²) in [7, 11) is 0. The van der Waals surface area contributed by atoms with E-state index in [-0.39, 0.29) is 34.9 Å². The molecule has 11 heteroatoms. The van der Waals surface area contributed by atoms with Crippen molar-refractivity contribution in [3.63, 3.8) is 0 Å². The number of hydrogen-bond donors (Lipinski definition) is 3. The molecule has 3 fully saturated rings. The number of rotatable bonds is 5. The Kier molecular flexibility index (Phi) is 4.78. The Balaban J connectivity index is 1.48. The van der Waals surface area contributed by atoms with Gasteiger partial charge in [0.25, 0.3) is 0 Å². The zero-order chi connectivity index (χ0) is 23.4. The maximum absolute atomic E-state index is 15.7. The number of fused-ring (bicyclic) bond motifs is 4. The number of carbonyl (C=O) groups is 1. The van der Waals surface area contributed by atoms with Crippen molar-refractivity contribution in [3.8, 4) is 22.8 Å². The Hall–Kier alpha value is -3.89. The fourth-order valence-electron chi connectivity index (χ4n) is 5.50. The molecular weight excluding hydrogens is 446 g/mol. The monoisotopic (exact) mass is 466 g/mol. The first-order valence-corrected chi connectivity index (χ1v) is 11.1. The van der Waals surface area contributed by atoms with Gasteiger partial charge < -0.3 is 19.9 Å². The Morgan fingerprint density at radius 2 is 1.88 bits per heavy atom. The molecule has 3 aliphatic rings. The van der Waals surface area contributed by atoms with Crippen molar-refractivity contribution in [2.24, 2.45) is 17.8 Å². The van der Waals surface area contributed by atoms with Gasteiger partial charge in [-0.1, -0.05) is 5.16 Å². The lowest BCUT2D eigenvalue weighted by atomic mass is 9.61. The van der Waals surface area contributed by atoms with E-state index in [4.69, 9.17) is 4.52 Å². The number of hydrogen-bond acceptors (Lipinski definition) is 7. The van der Waals surface area contributed by atoms with Crippen LogP contribution in [0.2, 0.25) is 0 Å². The lowest BCUT2D eigenvalue weighted by Gasteiger charge is -2.47. The Labute approximate surface area is 191 Å². The van der Waals surface area contributed by atoms with E-state index in [1.165, 1.54) is 24.4 Å². The van der Waals surface area contributed by atoms with Gasteiger partial charge in [0.15, 0.2) is 28.9 Å². The van der Waals surface area contributed by atoms with Crippen LogP contribution in [0.1, 0.15) is 25.7 Å². The molecule has 4 heterocycles. The lowest BCUT2D eigenvalue weighted by molar-refractivity contribution is -0.148. The van der Waals surface area contributed by atoms with Gasteiger partial charge >= 0.3 is 5.97 Å². The third-order valence-electron chi connectivity index (χ3n) is 7.08. The molecular formula is C23H20F2N6O3. The summed E-state index contributed by atoms with van der Waals surface area (Å²) in [6.45, 7) is 0. The number of carboxylic acid groups (broad SMARTS) is 1. The predicted octanol–water partition coefficient (Wildman–Crippen LogP) is 4.25. The molecule has 2 bridgehead atoms. The minimum atomic E-state index is -0.887. The maximum Gasteiger partial charge on any atom is 0.308 e. The van der Waals surface area contributed by atoms with Crippen molar-refractivity contribution >= 4 is 22.8 Å². The second kappa shape index (κ2) is 7.86. The van der Waals surface area contributed by atoms with Gasteiger partial charge in [-0.15, -0.1) is 0 Å². The second-order valence-corrected chi connectivity index (χ2v) is 8.88. The molecule has 9 nitrogen and oxygen atoms in total. The summed E-state index contributed by atoms with van der Waals surface area (Å²) >= 11 is 0. The number of aromatic nitrogens is 5. The van der Waals surface area contributed by atoms with Gasteiger partial charge in [0.2, 0.25) is 5.95 Å². The van der Waals surface area contributed by atoms with Crippen LogP contribution in [-0.2, 0) is 4.79 Å². The molecule has 0 radical (unpaired) electrons. The van der Waals surface area contributed by atoms with Crippen molar-refractivity contribution in [2.45, 2.75) is 31.7 Å². The van der Waals surface area contributed by atoms with E-state index in [9.17, 15) is 14.3 Å². The SMILES string of the molecule is O=C(O)C1C2CCC(CC2)C1Nc1nc(-c2c[nH]c3nc(F)ccc23)nc(-c2ccno2)c1F. The maximum atomic E-state index is 15.7. The lowest BCUT2D eigenvalue weighted by Crippen LogP contribution is -2.51. The van der Waals surface area contributed by atoms with Crippen LogP contribution in [0.5, 0.6) is 0 Å². The average molecular weight is 466 g/mol. The van der Waals surface area contributed by atoms with Gasteiger partial charge in [0.05, 0.1) is 12.1 Å². The third kappa shape index (κ3) is 3.30. The van der Waals surface area contributed by atoms with Gasteiger partial charge in [-0.25, -0.2) is 19.3 Å². The van der Waals surface area contributed by atoms with Gasteiger partial charge in [0, 0.05) is 29.3 Å². The molecule has 3 saturated carbocycles. The van der Waals surface area contributed by atoms with Crippen molar-refractivity contribution in [2.75, 3.05) is 5.32 Å². The quantitative estimate of drug-likeness (QED) is 0.372. The molecule has 3 aliphatic carbocycles. The fraction of sp³-hybridized carbons (Fsp3) is 0.348. The highest BCUT2D eigenvalue weighted by Gasteiger charge is 2.47. The number of nitrogens with one attached hydrogen (secondary N) is 2. The molecule has 0 amide bonds. The number of aromatic amines is 1. The van der Waals surface area contributed by atoms with E-state index in [1.54, 1.807) is 6.20 Å². The number of aliphatic carboxylic acids is 1. The van der Waals surface area contributed by atoms with Crippen LogP contribution in [0, 0.1) is 29.5 Å². The summed E-state index contributed by atoms with van der Waals surface area (Å²) < 4.78 is 34.4. The molecule has 2 atom stereocenters. The van der Waals surface area contributed by atoms with Crippen LogP contribution in [-0.4, -0.2) is 42.2 Å². The van der Waals surface area contributed by atoms with E-state index in [1.807, 2.05) is 0 Å². The normalized spacial score (nSPS) is 23.9. The van der Waals surface area contributed by atoms with Crippen LogP contribution in [0.25, 0.3) is 33.9 Å². The Morgan fingerprint density at radius 3 is 2.62 bits per heavy atom. The van der Waals surface area contributed by atoms with Crippen molar-refractivity contribution < 1.29 is 23.2 Å². The third-order valence-corrected chi connectivity index (χ3v) is 7.08. The average Bonchev–Trinajstić information content (AvgIpc) is 3.51. The molecule has 34 heavy (non-hydrogen) atoms. The van der Waals surface area contributed by atoms with Crippen LogP contribution in [0.4, 0.5) is 14.6 Å². The van der Waals surface area contributed by atoms with Gasteiger partial charge in [-0.3, -0.25) is 4.79 Å². The first-order chi connectivity index (χ1) is 16.5. The number of H-pyrrole nitrogens is 1. The predicted molar refractivity (Wildman–Crippen MR) is 117 cm³/mol. The van der Waals surface area contributed by atoms with Crippen LogP contribution in [0.15, 0.2) is 35.1 Å². The largest absolute Gasteiger partial charge is 0.481 e. The summed E-state index contributed by atoms with van der Waals surface area (Å²) in [5, 5.41) is 17.2. The van der Waals surface area contributed by atoms with E-state index in [2.05, 4.69) is 30.4 Å². The van der Waals surface area contributed by atoms with E-state index in [0.717, 1.165) is 25.7 Å². The molecule has 2 unspecified atom stereocenters. The Bertz CT molecular complexity index is 1380. The molecule has 3 N–H and O–H groups in total. The molecule has 174 valence electrons. The van der Waals surface area contributed by atoms with Crippen molar-refractivity contribution in [3.05, 3.63) is 42.4 Å². The van der Waals surface area contributed by atoms with Crippen LogP contribution < -0.4 is 5.32 Å². The molecule has 0 aliphatic heterocycles. The van der Waals surface area contributed by atoms with Gasteiger partial charge in [0.1, 0.15) is 5.65 Å². The van der Waals surface area contributed by atoms with Crippen molar-refractivity contribution in [1.29, 1.82) is 0 Å². The number of pyridine rings is 1. The first-order valence-electron chi connectivity index (χ1n) is 11.1. The topological polar surface area (TPSA) is 130 Å². The van der Waals surface area contributed by atoms with Gasteiger partial charge in [-0.2, -0.15) is 4.39 Å². The van der Waals surface area contributed by atoms with E-state index >= 15 is 4.39 Å². The smallest absolute Gasteiger partial charge is 0.308 e. The van der Waals surface area contributed by atoms with E-state index < -0.39 is 29.7 Å². The molecule has 0 saturated heterocycles. The van der Waals surface area contributed by atoms with Gasteiger partial charge in [-0.05, 0) is 49.7 Å². The first kappa shape index (κ1) is 20.7. The molecule has 4 aromatic rings. The van der Waals surface area contributed by atoms with E-state index in [0.29, 0.717) is 16.6 Å². The summed E-state index contributed by atoms with van der Waals surface area (Å²) in [5.41, 5.74) is 0.683. The molecule has 4 aromatic heterocycles. The summed E-state index contributed by atoms with van der Waals surface area (Å²) in [5.74, 6) is -2.60. The van der Waals surface area contributed by atoms with Crippen molar-refractivity contribution in [1.82, 2.24) is 25.1 Å². The highest BCUT2D eigenvalue weighted by Crippen LogP contribution is 2.46. The Morgan fingerprint density at radius 1 is 1.09 bits per heavy atom.